The zero-order valence-electron chi connectivity index (χ0n) is 27.4. The van der Waals surface area contributed by atoms with Crippen LogP contribution in [0.2, 0.25) is 0 Å². The Morgan fingerprint density at radius 3 is 2.72 bits per heavy atom. The van der Waals surface area contributed by atoms with Crippen molar-refractivity contribution in [1.82, 2.24) is 29.2 Å². The van der Waals surface area contributed by atoms with Gasteiger partial charge in [-0.1, -0.05) is 44.2 Å². The molecule has 4 aromatic rings. The average Bonchev–Trinajstić information content (AvgIpc) is 3.27. The van der Waals surface area contributed by atoms with Crippen LogP contribution in [0.15, 0.2) is 53.5 Å². The minimum absolute atomic E-state index is 0.0309. The Morgan fingerprint density at radius 2 is 1.91 bits per heavy atom. The molecule has 3 aliphatic rings. The number of fused-ring (bicyclic) bond motifs is 6. The number of aromatic nitrogens is 5. The lowest BCUT2D eigenvalue weighted by atomic mass is 9.78. The van der Waals surface area contributed by atoms with E-state index in [1.807, 2.05) is 32.9 Å². The maximum absolute atomic E-state index is 13.7. The molecule has 12 nitrogen and oxygen atoms in total. The summed E-state index contributed by atoms with van der Waals surface area (Å²) in [6, 6.07) is 9.89. The summed E-state index contributed by atoms with van der Waals surface area (Å²) in [6.07, 6.45) is 7.18. The fourth-order valence-corrected chi connectivity index (χ4v) is 6.63. The third-order valence-electron chi connectivity index (χ3n) is 8.73. The summed E-state index contributed by atoms with van der Waals surface area (Å²) in [5.41, 5.74) is 2.62. The molecule has 3 aliphatic heterocycles. The first-order valence-corrected chi connectivity index (χ1v) is 16.1. The fourth-order valence-electron chi connectivity index (χ4n) is 6.63. The van der Waals surface area contributed by atoms with E-state index in [1.165, 1.54) is 5.56 Å². The Balaban J connectivity index is 1.27. The molecule has 0 spiro atoms. The number of hydrogen-bond donors (Lipinski definition) is 0. The van der Waals surface area contributed by atoms with E-state index in [1.54, 1.807) is 37.5 Å². The van der Waals surface area contributed by atoms with Gasteiger partial charge in [-0.2, -0.15) is 0 Å². The smallest absolute Gasteiger partial charge is 0.410 e. The zero-order chi connectivity index (χ0) is 33.1. The largest absolute Gasteiger partial charge is 0.480 e. The maximum Gasteiger partial charge on any atom is 0.410 e. The maximum atomic E-state index is 13.7. The lowest BCUT2D eigenvalue weighted by Gasteiger charge is -2.40. The fraction of sp³-hybridized carbons (Fsp3) is 0.429. The predicted octanol–water partition coefficient (Wildman–Crippen LogP) is 4.67. The van der Waals surface area contributed by atoms with Crippen molar-refractivity contribution < 1.29 is 19.1 Å². The second-order valence-corrected chi connectivity index (χ2v) is 14.1. The Hall–Kier alpha value is -5.00. The summed E-state index contributed by atoms with van der Waals surface area (Å²) in [6.45, 7) is 11.7. The first-order valence-electron chi connectivity index (χ1n) is 16.1. The summed E-state index contributed by atoms with van der Waals surface area (Å²) >= 11 is 0. The van der Waals surface area contributed by atoms with Gasteiger partial charge < -0.3 is 14.4 Å². The highest BCUT2D eigenvalue weighted by molar-refractivity contribution is 5.96. The average molecular weight is 638 g/mol. The lowest BCUT2D eigenvalue weighted by molar-refractivity contribution is -0.121. The first-order chi connectivity index (χ1) is 22.4. The van der Waals surface area contributed by atoms with Gasteiger partial charge in [0.15, 0.2) is 29.6 Å². The number of rotatable bonds is 2. The molecule has 7 rings (SSSR count). The van der Waals surface area contributed by atoms with Crippen molar-refractivity contribution in [3.05, 3.63) is 81.5 Å². The number of benzene rings is 1. The van der Waals surface area contributed by atoms with Crippen molar-refractivity contribution in [1.29, 1.82) is 0 Å². The summed E-state index contributed by atoms with van der Waals surface area (Å²) < 4.78 is 14.7. The SMILES string of the molecule is CC(C)(C)OC(=O)N1Cc2cc(Cc3ncc4c(=O)n5n(c4n3)-c3ccc4c(n3)N(CCC/C=C\C5)C(=O)CO4)ccc2C(C)(C)C1. The molecule has 0 saturated carbocycles. The van der Waals surface area contributed by atoms with Gasteiger partial charge in [-0.3, -0.25) is 14.5 Å². The van der Waals surface area contributed by atoms with E-state index in [4.69, 9.17) is 19.4 Å². The van der Waals surface area contributed by atoms with Crippen LogP contribution in [0.1, 0.15) is 70.0 Å². The Bertz CT molecular complexity index is 2000. The molecule has 0 unspecified atom stereocenters. The van der Waals surface area contributed by atoms with Crippen molar-refractivity contribution in [2.45, 2.75) is 78.0 Å². The van der Waals surface area contributed by atoms with Crippen LogP contribution in [-0.4, -0.2) is 66.5 Å². The minimum Gasteiger partial charge on any atom is -0.480 e. The van der Waals surface area contributed by atoms with Gasteiger partial charge in [-0.25, -0.2) is 29.1 Å². The second-order valence-electron chi connectivity index (χ2n) is 14.1. The highest BCUT2D eigenvalue weighted by Gasteiger charge is 2.36. The molecular weight excluding hydrogens is 598 g/mol. The number of carbonyl (C=O) groups is 2. The van der Waals surface area contributed by atoms with Crippen molar-refractivity contribution >= 4 is 28.9 Å². The van der Waals surface area contributed by atoms with Crippen molar-refractivity contribution in [3.63, 3.8) is 0 Å². The van der Waals surface area contributed by atoms with E-state index < -0.39 is 5.60 Å². The van der Waals surface area contributed by atoms with Crippen LogP contribution in [0.4, 0.5) is 10.6 Å². The summed E-state index contributed by atoms with van der Waals surface area (Å²) in [5.74, 6) is 1.82. The Labute approximate surface area is 272 Å². The van der Waals surface area contributed by atoms with E-state index >= 15 is 0 Å². The lowest BCUT2D eigenvalue weighted by Crippen LogP contribution is -2.46. The third kappa shape index (κ3) is 5.77. The number of amides is 2. The van der Waals surface area contributed by atoms with Gasteiger partial charge >= 0.3 is 6.09 Å². The van der Waals surface area contributed by atoms with Gasteiger partial charge in [0, 0.05) is 37.7 Å². The summed E-state index contributed by atoms with van der Waals surface area (Å²) in [4.78, 5) is 57.2. The van der Waals surface area contributed by atoms with Gasteiger partial charge in [-0.15, -0.1) is 0 Å². The van der Waals surface area contributed by atoms with Crippen molar-refractivity contribution in [3.8, 4) is 11.6 Å². The highest BCUT2D eigenvalue weighted by atomic mass is 16.6. The molecule has 1 aromatic carbocycles. The molecule has 0 aliphatic carbocycles. The molecule has 6 heterocycles. The molecule has 0 N–H and O–H groups in total. The van der Waals surface area contributed by atoms with E-state index in [9.17, 15) is 14.4 Å². The molecule has 244 valence electrons. The normalized spacial score (nSPS) is 18.0. The zero-order valence-corrected chi connectivity index (χ0v) is 27.4. The molecule has 47 heavy (non-hydrogen) atoms. The number of nitrogens with zero attached hydrogens (tertiary/aromatic N) is 7. The first kappa shape index (κ1) is 30.6. The van der Waals surface area contributed by atoms with Crippen LogP contribution in [0, 0.1) is 0 Å². The molecule has 0 atom stereocenters. The van der Waals surface area contributed by atoms with Gasteiger partial charge in [-0.05, 0) is 62.4 Å². The number of pyridine rings is 1. The quantitative estimate of drug-likeness (QED) is 0.291. The highest BCUT2D eigenvalue weighted by Crippen LogP contribution is 2.35. The summed E-state index contributed by atoms with van der Waals surface area (Å²) in [7, 11) is 0. The molecule has 12 heteroatoms. The second kappa shape index (κ2) is 11.4. The molecule has 0 fully saturated rings. The number of anilines is 1. The van der Waals surface area contributed by atoms with Crippen LogP contribution in [0.25, 0.3) is 16.9 Å². The van der Waals surface area contributed by atoms with Gasteiger partial charge in [0.1, 0.15) is 16.8 Å². The minimum atomic E-state index is -0.579. The van der Waals surface area contributed by atoms with Crippen molar-refractivity contribution in [2.75, 3.05) is 24.6 Å². The summed E-state index contributed by atoms with van der Waals surface area (Å²) in [5, 5.41) is 0.376. The van der Waals surface area contributed by atoms with Crippen LogP contribution in [0.3, 0.4) is 0 Å². The van der Waals surface area contributed by atoms with E-state index in [0.29, 0.717) is 66.8 Å². The monoisotopic (exact) mass is 637 g/mol. The van der Waals surface area contributed by atoms with Crippen LogP contribution < -0.4 is 15.2 Å². The van der Waals surface area contributed by atoms with E-state index in [0.717, 1.165) is 24.0 Å². The molecule has 2 bridgehead atoms. The molecule has 2 amide bonds. The van der Waals surface area contributed by atoms with Gasteiger partial charge in [0.2, 0.25) is 0 Å². The van der Waals surface area contributed by atoms with Gasteiger partial charge in [0.05, 0.1) is 6.54 Å². The third-order valence-corrected chi connectivity index (χ3v) is 8.73. The van der Waals surface area contributed by atoms with E-state index in [-0.39, 0.29) is 29.6 Å². The van der Waals surface area contributed by atoms with Gasteiger partial charge in [0.25, 0.3) is 11.5 Å². The van der Waals surface area contributed by atoms with Crippen LogP contribution in [0.5, 0.6) is 5.75 Å². The predicted molar refractivity (Wildman–Crippen MR) is 176 cm³/mol. The number of ether oxygens (including phenoxy) is 2. The Morgan fingerprint density at radius 1 is 1.09 bits per heavy atom. The Kier molecular flexibility index (Phi) is 7.40. The molecule has 0 saturated heterocycles. The number of hydrogen-bond acceptors (Lipinski definition) is 8. The van der Waals surface area contributed by atoms with Crippen LogP contribution >= 0.6 is 0 Å². The molecular formula is C35H39N7O5. The number of allylic oxidation sites excluding steroid dienone is 2. The van der Waals surface area contributed by atoms with E-state index in [2.05, 4.69) is 37.0 Å². The number of carbonyl (C=O) groups excluding carboxylic acids is 2. The van der Waals surface area contributed by atoms with Crippen LogP contribution in [-0.2, 0) is 34.5 Å². The molecule has 0 radical (unpaired) electrons. The standard InChI is InChI=1S/C35H39N7O5/c1-34(2,3)47-33(45)39-19-23-16-22(10-11-25(23)35(4,5)21-39)17-27-36-18-24-30(37-27)42-28-13-12-26-31(38-28)40(29(43)20-46-26)14-8-6-7-9-15-41(42)32(24)44/h7,9-13,16,18H,6,8,14-15,17,19-21H2,1-5H3/b9-7-. The van der Waals surface area contributed by atoms with Crippen molar-refractivity contribution in [2.24, 2.45) is 0 Å². The molecule has 3 aromatic heterocycles. The topological polar surface area (TPSA) is 125 Å².